The van der Waals surface area contributed by atoms with Gasteiger partial charge in [0, 0.05) is 46.7 Å². The van der Waals surface area contributed by atoms with Crippen molar-refractivity contribution in [2.24, 2.45) is 0 Å². The van der Waals surface area contributed by atoms with Gasteiger partial charge in [-0.25, -0.2) is 0 Å². The highest BCUT2D eigenvalue weighted by atomic mass is 32.2. The molecule has 5 rings (SSSR count). The smallest absolute Gasteiger partial charge is 0.270 e. The number of aromatic nitrogens is 1. The molecule has 2 amide bonds. The molecule has 2 N–H and O–H groups in total. The van der Waals surface area contributed by atoms with Gasteiger partial charge in [-0.05, 0) is 31.4 Å². The van der Waals surface area contributed by atoms with Gasteiger partial charge in [0.05, 0.1) is 10.8 Å². The first-order valence-electron chi connectivity index (χ1n) is 9.02. The molecule has 3 aliphatic heterocycles. The molecule has 136 valence electrons. The lowest BCUT2D eigenvalue weighted by Crippen LogP contribution is -2.43. The van der Waals surface area contributed by atoms with Crippen LogP contribution in [0.15, 0.2) is 18.3 Å². The maximum atomic E-state index is 12.6. The Morgan fingerprint density at radius 1 is 1.35 bits per heavy atom. The third-order valence-electron chi connectivity index (χ3n) is 5.49. The van der Waals surface area contributed by atoms with Gasteiger partial charge in [-0.15, -0.1) is 11.3 Å². The predicted octanol–water partition coefficient (Wildman–Crippen LogP) is 2.00. The summed E-state index contributed by atoms with van der Waals surface area (Å²) in [6.45, 7) is 0.744. The molecule has 0 radical (unpaired) electrons. The first-order valence-corrected chi connectivity index (χ1v) is 11.0. The second-order valence-electron chi connectivity index (χ2n) is 7.15. The van der Waals surface area contributed by atoms with Crippen molar-refractivity contribution >= 4 is 50.0 Å². The minimum Gasteiger partial charge on any atom is -0.346 e. The lowest BCUT2D eigenvalue weighted by atomic mass is 9.95. The molecule has 0 saturated carbocycles. The molecule has 26 heavy (non-hydrogen) atoms. The largest absolute Gasteiger partial charge is 0.346 e. The van der Waals surface area contributed by atoms with Gasteiger partial charge in [0.25, 0.3) is 5.91 Å². The van der Waals surface area contributed by atoms with Crippen LogP contribution in [0.4, 0.5) is 5.00 Å². The minimum atomic E-state index is -0.105. The normalized spacial score (nSPS) is 28.1. The molecule has 2 bridgehead atoms. The fourth-order valence-corrected chi connectivity index (χ4v) is 6.05. The lowest BCUT2D eigenvalue weighted by molar-refractivity contribution is -0.116. The van der Waals surface area contributed by atoms with Crippen molar-refractivity contribution in [3.05, 3.63) is 24.0 Å². The van der Waals surface area contributed by atoms with Crippen LogP contribution in [0.5, 0.6) is 0 Å². The first-order chi connectivity index (χ1) is 12.7. The standard InChI is InChI=1S/C18H20N4O2S2/c23-16-9-25-4-3-22(16)17-5-10-8-19-14(7-15(10)26-17)18(24)21-13-6-11-1-2-12(13)20-11/h5,7-8,11-13,20H,1-4,6,9H2,(H,21,24)/t11-,12+,13-/m1/s1. The van der Waals surface area contributed by atoms with Crippen molar-refractivity contribution in [1.82, 2.24) is 15.6 Å². The predicted molar refractivity (Wildman–Crippen MR) is 105 cm³/mol. The molecule has 3 atom stereocenters. The number of anilines is 1. The van der Waals surface area contributed by atoms with Crippen LogP contribution >= 0.6 is 23.1 Å². The molecule has 0 unspecified atom stereocenters. The summed E-state index contributed by atoms with van der Waals surface area (Å²) in [7, 11) is 0. The highest BCUT2D eigenvalue weighted by Crippen LogP contribution is 2.34. The van der Waals surface area contributed by atoms with Crippen LogP contribution in [0, 0.1) is 0 Å². The van der Waals surface area contributed by atoms with Crippen LogP contribution < -0.4 is 15.5 Å². The van der Waals surface area contributed by atoms with Gasteiger partial charge >= 0.3 is 0 Å². The van der Waals surface area contributed by atoms with E-state index in [1.807, 2.05) is 17.0 Å². The van der Waals surface area contributed by atoms with E-state index < -0.39 is 0 Å². The van der Waals surface area contributed by atoms with E-state index in [1.54, 1.807) is 29.3 Å². The molecule has 3 fully saturated rings. The molecule has 2 aromatic heterocycles. The number of nitrogens with one attached hydrogen (secondary N) is 2. The number of fused-ring (bicyclic) bond motifs is 3. The monoisotopic (exact) mass is 388 g/mol. The number of carbonyl (C=O) groups excluding carboxylic acids is 2. The van der Waals surface area contributed by atoms with Crippen molar-refractivity contribution in [3.63, 3.8) is 0 Å². The summed E-state index contributed by atoms with van der Waals surface area (Å²) in [5, 5.41) is 8.60. The summed E-state index contributed by atoms with van der Waals surface area (Å²) in [6.07, 6.45) is 5.11. The van der Waals surface area contributed by atoms with Gasteiger partial charge in [-0.1, -0.05) is 0 Å². The number of pyridine rings is 1. The van der Waals surface area contributed by atoms with Crippen molar-refractivity contribution in [2.45, 2.75) is 37.4 Å². The quantitative estimate of drug-likeness (QED) is 0.841. The Bertz CT molecular complexity index is 883. The number of thiophene rings is 1. The van der Waals surface area contributed by atoms with Crippen molar-refractivity contribution in [2.75, 3.05) is 23.0 Å². The molecule has 3 aliphatic rings. The Morgan fingerprint density at radius 3 is 3.04 bits per heavy atom. The zero-order valence-corrected chi connectivity index (χ0v) is 15.9. The number of thioether (sulfide) groups is 1. The highest BCUT2D eigenvalue weighted by molar-refractivity contribution is 8.00. The Labute approximate surface area is 159 Å². The van der Waals surface area contributed by atoms with Crippen LogP contribution in [-0.4, -0.2) is 53.0 Å². The van der Waals surface area contributed by atoms with Crippen molar-refractivity contribution in [1.29, 1.82) is 0 Å². The Kier molecular flexibility index (Phi) is 4.14. The van der Waals surface area contributed by atoms with Crippen molar-refractivity contribution in [3.8, 4) is 0 Å². The van der Waals surface area contributed by atoms with Crippen LogP contribution in [0.25, 0.3) is 10.1 Å². The number of amides is 2. The first kappa shape index (κ1) is 16.5. The maximum absolute atomic E-state index is 12.6. The van der Waals surface area contributed by atoms with E-state index in [0.29, 0.717) is 23.5 Å². The zero-order valence-electron chi connectivity index (χ0n) is 14.2. The third kappa shape index (κ3) is 2.90. The van der Waals surface area contributed by atoms with Crippen LogP contribution in [0.3, 0.4) is 0 Å². The van der Waals surface area contributed by atoms with Crippen LogP contribution in [0.2, 0.25) is 0 Å². The Morgan fingerprint density at radius 2 is 2.27 bits per heavy atom. The number of carbonyl (C=O) groups is 2. The fourth-order valence-electron chi connectivity index (χ4n) is 4.15. The third-order valence-corrected chi connectivity index (χ3v) is 7.53. The van der Waals surface area contributed by atoms with E-state index in [0.717, 1.165) is 40.2 Å². The summed E-state index contributed by atoms with van der Waals surface area (Å²) < 4.78 is 0.997. The Balaban J connectivity index is 1.36. The van der Waals surface area contributed by atoms with E-state index >= 15 is 0 Å². The molecular weight excluding hydrogens is 368 g/mol. The molecule has 5 heterocycles. The van der Waals surface area contributed by atoms with Gasteiger partial charge in [0.1, 0.15) is 5.69 Å². The number of nitrogens with zero attached hydrogens (tertiary/aromatic N) is 2. The van der Waals surface area contributed by atoms with E-state index in [1.165, 1.54) is 6.42 Å². The van der Waals surface area contributed by atoms with Gasteiger partial charge < -0.3 is 15.5 Å². The van der Waals surface area contributed by atoms with E-state index in [9.17, 15) is 9.59 Å². The summed E-state index contributed by atoms with van der Waals surface area (Å²) >= 11 is 3.24. The molecule has 6 nitrogen and oxygen atoms in total. The summed E-state index contributed by atoms with van der Waals surface area (Å²) in [4.78, 5) is 31.0. The van der Waals surface area contributed by atoms with E-state index in [-0.39, 0.29) is 17.9 Å². The van der Waals surface area contributed by atoms with Gasteiger partial charge in [0.2, 0.25) is 5.91 Å². The molecule has 8 heteroatoms. The lowest BCUT2D eigenvalue weighted by Gasteiger charge is -2.24. The number of rotatable bonds is 3. The average Bonchev–Trinajstić information content (AvgIpc) is 3.36. The highest BCUT2D eigenvalue weighted by Gasteiger charge is 2.39. The summed E-state index contributed by atoms with van der Waals surface area (Å²) in [5.74, 6) is 1.55. The van der Waals surface area contributed by atoms with E-state index in [2.05, 4.69) is 15.6 Å². The number of hydrogen-bond donors (Lipinski definition) is 2. The Hall–Kier alpha value is -1.64. The van der Waals surface area contributed by atoms with Crippen LogP contribution in [-0.2, 0) is 4.79 Å². The van der Waals surface area contributed by atoms with Crippen LogP contribution in [0.1, 0.15) is 29.8 Å². The molecule has 2 aromatic rings. The van der Waals surface area contributed by atoms with Gasteiger partial charge in [0.15, 0.2) is 0 Å². The second-order valence-corrected chi connectivity index (χ2v) is 9.32. The molecule has 0 aromatic carbocycles. The maximum Gasteiger partial charge on any atom is 0.270 e. The SMILES string of the molecule is O=C(N[C@@H]1C[C@H]2CC[C@@H]1N2)c1cc2sc(N3CCSCC3=O)cc2cn1. The molecule has 3 saturated heterocycles. The molecular formula is C18H20N4O2S2. The van der Waals surface area contributed by atoms with E-state index in [4.69, 9.17) is 0 Å². The van der Waals surface area contributed by atoms with Gasteiger partial charge in [-0.2, -0.15) is 11.8 Å². The second kappa shape index (κ2) is 6.51. The zero-order chi connectivity index (χ0) is 17.7. The van der Waals surface area contributed by atoms with Crippen molar-refractivity contribution < 1.29 is 9.59 Å². The minimum absolute atomic E-state index is 0.105. The molecule has 0 aliphatic carbocycles. The topological polar surface area (TPSA) is 74.3 Å². The average molecular weight is 389 g/mol. The fraction of sp³-hybridized carbons (Fsp3) is 0.500. The summed E-state index contributed by atoms with van der Waals surface area (Å²) in [5.41, 5.74) is 0.453. The number of hydrogen-bond acceptors (Lipinski definition) is 6. The van der Waals surface area contributed by atoms with Gasteiger partial charge in [-0.3, -0.25) is 14.6 Å². The molecule has 0 spiro atoms. The summed E-state index contributed by atoms with van der Waals surface area (Å²) in [6, 6.07) is 5.02.